The number of nitrogens with zero attached hydrogens (tertiary/aromatic N) is 6. The summed E-state index contributed by atoms with van der Waals surface area (Å²) in [7, 11) is 0. The van der Waals surface area contributed by atoms with E-state index in [2.05, 4.69) is 40.5 Å². The summed E-state index contributed by atoms with van der Waals surface area (Å²) in [5, 5.41) is 7.24. The molecule has 1 fully saturated rings. The van der Waals surface area contributed by atoms with E-state index in [9.17, 15) is 0 Å². The lowest BCUT2D eigenvalue weighted by atomic mass is 9.95. The van der Waals surface area contributed by atoms with E-state index < -0.39 is 0 Å². The van der Waals surface area contributed by atoms with Gasteiger partial charge in [0.1, 0.15) is 17.3 Å². The van der Waals surface area contributed by atoms with Gasteiger partial charge in [0.15, 0.2) is 11.0 Å². The number of hydrogen-bond donors (Lipinski definition) is 2. The molecule has 1 atom stereocenters. The van der Waals surface area contributed by atoms with Crippen LogP contribution in [0, 0.1) is 12.8 Å². The number of aryl methyl sites for hydroxylation is 2. The summed E-state index contributed by atoms with van der Waals surface area (Å²) in [5.41, 5.74) is 1.64. The van der Waals surface area contributed by atoms with Crippen LogP contribution in [0.25, 0.3) is 11.5 Å². The normalized spacial score (nSPS) is 16.0. The first kappa shape index (κ1) is 23.3. The van der Waals surface area contributed by atoms with Crippen molar-refractivity contribution in [2.45, 2.75) is 39.0 Å². The van der Waals surface area contributed by atoms with Crippen LogP contribution in [0.3, 0.4) is 0 Å². The van der Waals surface area contributed by atoms with Gasteiger partial charge in [0, 0.05) is 42.4 Å². The molecule has 9 nitrogen and oxygen atoms in total. The van der Waals surface area contributed by atoms with Gasteiger partial charge in [-0.15, -0.1) is 11.3 Å². The Morgan fingerprint density at radius 2 is 1.83 bits per heavy atom. The van der Waals surface area contributed by atoms with Gasteiger partial charge in [0.05, 0.1) is 0 Å². The molecule has 4 aromatic heterocycles. The van der Waals surface area contributed by atoms with E-state index in [0.29, 0.717) is 23.4 Å². The average Bonchev–Trinajstić information content (AvgIpc) is 3.14. The van der Waals surface area contributed by atoms with E-state index in [1.54, 1.807) is 35.9 Å². The van der Waals surface area contributed by atoms with Crippen LogP contribution in [-0.4, -0.2) is 43.1 Å². The molecule has 0 amide bonds. The molecule has 1 unspecified atom stereocenters. The summed E-state index contributed by atoms with van der Waals surface area (Å²) < 4.78 is 5.58. The molecule has 0 radical (unpaired) electrons. The molecule has 0 spiro atoms. The van der Waals surface area contributed by atoms with Crippen LogP contribution in [0.1, 0.15) is 36.3 Å². The highest BCUT2D eigenvalue weighted by Gasteiger charge is 2.14. The van der Waals surface area contributed by atoms with E-state index in [1.807, 2.05) is 31.3 Å². The molecule has 1 saturated heterocycles. The van der Waals surface area contributed by atoms with E-state index in [-0.39, 0.29) is 0 Å². The van der Waals surface area contributed by atoms with Crippen LogP contribution in [0.5, 0.6) is 0 Å². The van der Waals surface area contributed by atoms with E-state index in [4.69, 9.17) is 4.74 Å². The van der Waals surface area contributed by atoms with Crippen molar-refractivity contribution in [2.75, 3.05) is 23.8 Å². The van der Waals surface area contributed by atoms with E-state index >= 15 is 0 Å². The van der Waals surface area contributed by atoms with Crippen LogP contribution >= 0.6 is 11.3 Å². The first-order valence-corrected chi connectivity index (χ1v) is 12.7. The van der Waals surface area contributed by atoms with Crippen molar-refractivity contribution in [3.8, 4) is 11.5 Å². The van der Waals surface area contributed by atoms with Crippen molar-refractivity contribution in [1.82, 2.24) is 29.9 Å². The summed E-state index contributed by atoms with van der Waals surface area (Å²) >= 11 is 1.65. The van der Waals surface area contributed by atoms with Crippen LogP contribution < -0.4 is 10.6 Å². The Balaban J connectivity index is 1.20. The Hall–Kier alpha value is -3.50. The summed E-state index contributed by atoms with van der Waals surface area (Å²) in [5.74, 6) is 3.02. The first-order valence-electron chi connectivity index (χ1n) is 11.9. The minimum Gasteiger partial charge on any atom is -0.381 e. The third-order valence-corrected chi connectivity index (χ3v) is 6.80. The fourth-order valence-corrected chi connectivity index (χ4v) is 4.84. The molecule has 0 aromatic carbocycles. The largest absolute Gasteiger partial charge is 0.381 e. The number of hydrogen-bond acceptors (Lipinski definition) is 10. The van der Waals surface area contributed by atoms with Gasteiger partial charge in [-0.3, -0.25) is 5.32 Å². The summed E-state index contributed by atoms with van der Waals surface area (Å²) in [6, 6.07) is 9.37. The highest BCUT2D eigenvalue weighted by molar-refractivity contribution is 7.15. The number of thiazole rings is 1. The topological polar surface area (TPSA) is 111 Å². The Labute approximate surface area is 208 Å². The summed E-state index contributed by atoms with van der Waals surface area (Å²) in [6.07, 6.45) is 11.2. The predicted octanol–water partition coefficient (Wildman–Crippen LogP) is 5.33. The van der Waals surface area contributed by atoms with Crippen LogP contribution in [0.15, 0.2) is 48.9 Å². The summed E-state index contributed by atoms with van der Waals surface area (Å²) in [4.78, 5) is 28.1. The molecular weight excluding hydrogens is 460 g/mol. The molecule has 35 heavy (non-hydrogen) atoms. The number of pyridine rings is 1. The third kappa shape index (κ3) is 6.55. The molecule has 1 aliphatic heterocycles. The lowest BCUT2D eigenvalue weighted by Gasteiger charge is -2.11. The number of anilines is 4. The van der Waals surface area contributed by atoms with Gasteiger partial charge < -0.3 is 10.1 Å². The van der Waals surface area contributed by atoms with Gasteiger partial charge in [-0.25, -0.2) is 24.9 Å². The summed E-state index contributed by atoms with van der Waals surface area (Å²) in [6.45, 7) is 3.74. The zero-order valence-corrected chi connectivity index (χ0v) is 20.5. The second-order valence-corrected chi connectivity index (χ2v) is 9.64. The molecule has 0 bridgehead atoms. The van der Waals surface area contributed by atoms with Gasteiger partial charge in [0.25, 0.3) is 0 Å². The molecule has 1 aliphatic rings. The average molecular weight is 489 g/mol. The van der Waals surface area contributed by atoms with Gasteiger partial charge in [-0.2, -0.15) is 4.98 Å². The zero-order chi connectivity index (χ0) is 23.9. The fourth-order valence-electron chi connectivity index (χ4n) is 4.02. The molecule has 180 valence electrons. The second-order valence-electron chi connectivity index (χ2n) is 8.52. The number of rotatable bonds is 8. The lowest BCUT2D eigenvalue weighted by Crippen LogP contribution is -2.02. The maximum absolute atomic E-state index is 5.58. The van der Waals surface area contributed by atoms with Gasteiger partial charge in [-0.05, 0) is 69.2 Å². The van der Waals surface area contributed by atoms with Crippen molar-refractivity contribution in [3.05, 3.63) is 59.5 Å². The Morgan fingerprint density at radius 1 is 0.943 bits per heavy atom. The number of aromatic nitrogens is 6. The second kappa shape index (κ2) is 11.3. The first-order chi connectivity index (χ1) is 17.2. The Morgan fingerprint density at radius 3 is 2.74 bits per heavy atom. The highest BCUT2D eigenvalue weighted by atomic mass is 32.1. The molecule has 5 rings (SSSR count). The van der Waals surface area contributed by atoms with Crippen LogP contribution in [-0.2, 0) is 11.2 Å². The molecule has 4 aromatic rings. The van der Waals surface area contributed by atoms with Crippen molar-refractivity contribution >= 4 is 34.1 Å². The standard InChI is InChI=1S/C25H28N8OS/c1-17-4-2-6-20(29-17)23-26-12-9-21(31-23)30-22-10-13-27-24(32-22)33-25-28-16-19(35-25)8-7-18-5-3-14-34-15-11-18/h2,4,6,9-10,12-13,16,18H,3,5,7-8,11,14-15H2,1H3,(H2,26,27,28,30,31,32,33). The van der Waals surface area contributed by atoms with Crippen LogP contribution in [0.2, 0.25) is 0 Å². The van der Waals surface area contributed by atoms with Gasteiger partial charge in [-0.1, -0.05) is 6.07 Å². The van der Waals surface area contributed by atoms with Crippen molar-refractivity contribution in [2.24, 2.45) is 5.92 Å². The third-order valence-electron chi connectivity index (χ3n) is 5.83. The SMILES string of the molecule is Cc1cccc(-c2nccc(Nc3ccnc(Nc4ncc(CCC5CCCOCC5)s4)n3)n2)n1. The minimum absolute atomic E-state index is 0.478. The monoisotopic (exact) mass is 488 g/mol. The highest BCUT2D eigenvalue weighted by Crippen LogP contribution is 2.26. The lowest BCUT2D eigenvalue weighted by molar-refractivity contribution is 0.141. The smallest absolute Gasteiger partial charge is 0.230 e. The van der Waals surface area contributed by atoms with Crippen molar-refractivity contribution in [3.63, 3.8) is 0 Å². The van der Waals surface area contributed by atoms with Crippen LogP contribution in [0.4, 0.5) is 22.7 Å². The maximum atomic E-state index is 5.58. The quantitative estimate of drug-likeness (QED) is 0.340. The van der Waals surface area contributed by atoms with E-state index in [0.717, 1.165) is 48.5 Å². The maximum Gasteiger partial charge on any atom is 0.230 e. The molecule has 0 saturated carbocycles. The Bertz CT molecular complexity index is 1260. The zero-order valence-electron chi connectivity index (χ0n) is 19.6. The Kier molecular flexibility index (Phi) is 7.50. The van der Waals surface area contributed by atoms with Crippen molar-refractivity contribution in [1.29, 1.82) is 0 Å². The molecular formula is C25H28N8OS. The van der Waals surface area contributed by atoms with E-state index in [1.165, 1.54) is 24.1 Å². The van der Waals surface area contributed by atoms with Gasteiger partial charge >= 0.3 is 0 Å². The van der Waals surface area contributed by atoms with Gasteiger partial charge in [0.2, 0.25) is 5.95 Å². The van der Waals surface area contributed by atoms with Crippen molar-refractivity contribution < 1.29 is 4.74 Å². The molecule has 0 aliphatic carbocycles. The number of ether oxygens (including phenoxy) is 1. The molecule has 2 N–H and O–H groups in total. The fraction of sp³-hybridized carbons (Fsp3) is 0.360. The number of nitrogens with one attached hydrogen (secondary N) is 2. The molecule has 5 heterocycles. The predicted molar refractivity (Wildman–Crippen MR) is 137 cm³/mol. The molecule has 10 heteroatoms. The minimum atomic E-state index is 0.478.